The van der Waals surface area contributed by atoms with Crippen molar-refractivity contribution in [1.82, 2.24) is 30.0 Å². The maximum Gasteiger partial charge on any atom is 0.241 e. The molecule has 0 aliphatic carbocycles. The summed E-state index contributed by atoms with van der Waals surface area (Å²) >= 11 is 0. The standard InChI is InChI=1S/C19H22N6O/c1-3-9-21-15(5-1)7-8-16-6-2-4-12-25(16)14-18-23-19(24-26-18)17-13-20-10-11-22-17/h1,3,5,9-11,13,16H,2,4,6-8,12,14H2/t16-/m0/s1. The van der Waals surface area contributed by atoms with Gasteiger partial charge in [-0.05, 0) is 44.4 Å². The molecule has 3 aromatic heterocycles. The average molecular weight is 350 g/mol. The normalized spacial score (nSPS) is 18.1. The van der Waals surface area contributed by atoms with Crippen molar-refractivity contribution in [2.45, 2.75) is 44.7 Å². The first-order chi connectivity index (χ1) is 12.9. The molecule has 4 heterocycles. The van der Waals surface area contributed by atoms with Gasteiger partial charge < -0.3 is 4.52 Å². The van der Waals surface area contributed by atoms with Crippen LogP contribution in [-0.4, -0.2) is 42.6 Å². The highest BCUT2D eigenvalue weighted by molar-refractivity contribution is 5.45. The van der Waals surface area contributed by atoms with Crippen molar-refractivity contribution in [3.63, 3.8) is 0 Å². The first-order valence-corrected chi connectivity index (χ1v) is 9.11. The Labute approximate surface area is 152 Å². The van der Waals surface area contributed by atoms with Crippen molar-refractivity contribution in [2.75, 3.05) is 6.54 Å². The van der Waals surface area contributed by atoms with Crippen LogP contribution in [0.1, 0.15) is 37.3 Å². The van der Waals surface area contributed by atoms with Gasteiger partial charge in [0, 0.05) is 30.3 Å². The van der Waals surface area contributed by atoms with Gasteiger partial charge >= 0.3 is 0 Å². The van der Waals surface area contributed by atoms with Gasteiger partial charge in [-0.25, -0.2) is 4.98 Å². The summed E-state index contributed by atoms with van der Waals surface area (Å²) in [5.41, 5.74) is 1.79. The number of hydrogen-bond donors (Lipinski definition) is 0. The molecule has 3 aromatic rings. The lowest BCUT2D eigenvalue weighted by Crippen LogP contribution is -2.39. The van der Waals surface area contributed by atoms with E-state index in [2.05, 4.69) is 36.1 Å². The number of rotatable bonds is 6. The Morgan fingerprint density at radius 1 is 1.12 bits per heavy atom. The molecule has 26 heavy (non-hydrogen) atoms. The smallest absolute Gasteiger partial charge is 0.241 e. The minimum atomic E-state index is 0.496. The molecule has 0 saturated carbocycles. The Balaban J connectivity index is 1.40. The van der Waals surface area contributed by atoms with Gasteiger partial charge in [0.2, 0.25) is 11.7 Å². The molecule has 1 aliphatic rings. The van der Waals surface area contributed by atoms with E-state index in [1.165, 1.54) is 19.3 Å². The summed E-state index contributed by atoms with van der Waals surface area (Å²) in [6.07, 6.45) is 12.6. The fourth-order valence-corrected chi connectivity index (χ4v) is 3.47. The maximum absolute atomic E-state index is 5.45. The average Bonchev–Trinajstić information content (AvgIpc) is 3.17. The van der Waals surface area contributed by atoms with Crippen LogP contribution in [0.5, 0.6) is 0 Å². The van der Waals surface area contributed by atoms with Gasteiger partial charge in [0.15, 0.2) is 0 Å². The van der Waals surface area contributed by atoms with E-state index in [9.17, 15) is 0 Å². The van der Waals surface area contributed by atoms with Crippen LogP contribution in [-0.2, 0) is 13.0 Å². The highest BCUT2D eigenvalue weighted by atomic mass is 16.5. The van der Waals surface area contributed by atoms with Gasteiger partial charge in [-0.1, -0.05) is 17.6 Å². The summed E-state index contributed by atoms with van der Waals surface area (Å²) in [4.78, 5) is 19.7. The van der Waals surface area contributed by atoms with Gasteiger partial charge in [0.1, 0.15) is 5.69 Å². The van der Waals surface area contributed by atoms with Crippen LogP contribution >= 0.6 is 0 Å². The molecule has 0 amide bonds. The molecule has 1 saturated heterocycles. The summed E-state index contributed by atoms with van der Waals surface area (Å²) in [6, 6.07) is 6.63. The van der Waals surface area contributed by atoms with Gasteiger partial charge in [-0.15, -0.1) is 0 Å². The van der Waals surface area contributed by atoms with Crippen LogP contribution in [0.2, 0.25) is 0 Å². The summed E-state index contributed by atoms with van der Waals surface area (Å²) in [5.74, 6) is 1.13. The Kier molecular flexibility index (Phi) is 5.25. The van der Waals surface area contributed by atoms with Crippen LogP contribution in [0.3, 0.4) is 0 Å². The lowest BCUT2D eigenvalue weighted by atomic mass is 9.97. The van der Waals surface area contributed by atoms with Gasteiger partial charge in [-0.3, -0.25) is 14.9 Å². The number of nitrogens with zero attached hydrogens (tertiary/aromatic N) is 6. The van der Waals surface area contributed by atoms with Crippen molar-refractivity contribution in [1.29, 1.82) is 0 Å². The Hall–Kier alpha value is -2.67. The summed E-state index contributed by atoms with van der Waals surface area (Å²) < 4.78 is 5.45. The van der Waals surface area contributed by atoms with Crippen LogP contribution in [0.15, 0.2) is 47.5 Å². The molecule has 0 N–H and O–H groups in total. The number of piperidine rings is 1. The van der Waals surface area contributed by atoms with Crippen LogP contribution in [0.25, 0.3) is 11.5 Å². The number of aryl methyl sites for hydroxylation is 1. The second kappa shape index (κ2) is 8.14. The lowest BCUT2D eigenvalue weighted by molar-refractivity contribution is 0.117. The minimum Gasteiger partial charge on any atom is -0.337 e. The molecular weight excluding hydrogens is 328 g/mol. The predicted octanol–water partition coefficient (Wildman–Crippen LogP) is 2.91. The molecule has 7 nitrogen and oxygen atoms in total. The van der Waals surface area contributed by atoms with E-state index in [0.29, 0.717) is 30.0 Å². The zero-order chi connectivity index (χ0) is 17.6. The molecule has 0 unspecified atom stereocenters. The molecule has 4 rings (SSSR count). The molecule has 7 heteroatoms. The fraction of sp³-hybridized carbons (Fsp3) is 0.421. The highest BCUT2D eigenvalue weighted by Crippen LogP contribution is 2.23. The zero-order valence-corrected chi connectivity index (χ0v) is 14.7. The van der Waals surface area contributed by atoms with E-state index in [1.54, 1.807) is 18.6 Å². The largest absolute Gasteiger partial charge is 0.337 e. The van der Waals surface area contributed by atoms with E-state index < -0.39 is 0 Å². The zero-order valence-electron chi connectivity index (χ0n) is 14.7. The number of likely N-dealkylation sites (tertiary alicyclic amines) is 1. The minimum absolute atomic E-state index is 0.496. The maximum atomic E-state index is 5.45. The summed E-state index contributed by atoms with van der Waals surface area (Å²) in [5, 5.41) is 4.05. The fourth-order valence-electron chi connectivity index (χ4n) is 3.47. The molecular formula is C19H22N6O. The van der Waals surface area contributed by atoms with Crippen molar-refractivity contribution in [2.24, 2.45) is 0 Å². The number of aromatic nitrogens is 5. The van der Waals surface area contributed by atoms with E-state index >= 15 is 0 Å². The van der Waals surface area contributed by atoms with Gasteiger partial charge in [-0.2, -0.15) is 4.98 Å². The molecule has 0 aromatic carbocycles. The third-order valence-electron chi connectivity index (χ3n) is 4.81. The number of hydrogen-bond acceptors (Lipinski definition) is 7. The van der Waals surface area contributed by atoms with Crippen LogP contribution in [0, 0.1) is 0 Å². The molecule has 0 spiro atoms. The van der Waals surface area contributed by atoms with Crippen LogP contribution < -0.4 is 0 Å². The van der Waals surface area contributed by atoms with E-state index in [1.807, 2.05) is 18.3 Å². The van der Waals surface area contributed by atoms with Gasteiger partial charge in [0.05, 0.1) is 12.7 Å². The third-order valence-corrected chi connectivity index (χ3v) is 4.81. The summed E-state index contributed by atoms with van der Waals surface area (Å²) in [6.45, 7) is 1.75. The monoisotopic (exact) mass is 350 g/mol. The van der Waals surface area contributed by atoms with Crippen molar-refractivity contribution >= 4 is 0 Å². The van der Waals surface area contributed by atoms with Crippen LogP contribution in [0.4, 0.5) is 0 Å². The first-order valence-electron chi connectivity index (χ1n) is 9.11. The van der Waals surface area contributed by atoms with Crippen molar-refractivity contribution in [3.05, 3.63) is 54.6 Å². The Morgan fingerprint density at radius 3 is 2.96 bits per heavy atom. The van der Waals surface area contributed by atoms with E-state index in [-0.39, 0.29) is 0 Å². The number of pyridine rings is 1. The second-order valence-electron chi connectivity index (χ2n) is 6.58. The Morgan fingerprint density at radius 2 is 2.12 bits per heavy atom. The third kappa shape index (κ3) is 4.11. The molecule has 1 atom stereocenters. The molecule has 1 aliphatic heterocycles. The Bertz CT molecular complexity index is 807. The first kappa shape index (κ1) is 16.8. The molecule has 0 radical (unpaired) electrons. The topological polar surface area (TPSA) is 80.8 Å². The quantitative estimate of drug-likeness (QED) is 0.676. The van der Waals surface area contributed by atoms with Gasteiger partial charge in [0.25, 0.3) is 0 Å². The molecule has 0 bridgehead atoms. The highest BCUT2D eigenvalue weighted by Gasteiger charge is 2.24. The SMILES string of the molecule is c1ccc(CC[C@@H]2CCCCN2Cc2nc(-c3cnccn3)no2)nc1. The molecule has 1 fully saturated rings. The lowest BCUT2D eigenvalue weighted by Gasteiger charge is -2.34. The molecule has 134 valence electrons. The van der Waals surface area contributed by atoms with E-state index in [4.69, 9.17) is 4.52 Å². The van der Waals surface area contributed by atoms with E-state index in [0.717, 1.165) is 25.1 Å². The van der Waals surface area contributed by atoms with Crippen molar-refractivity contribution < 1.29 is 4.52 Å². The van der Waals surface area contributed by atoms with Crippen molar-refractivity contribution in [3.8, 4) is 11.5 Å². The predicted molar refractivity (Wildman–Crippen MR) is 95.9 cm³/mol. The summed E-state index contributed by atoms with van der Waals surface area (Å²) in [7, 11) is 0. The second-order valence-corrected chi connectivity index (χ2v) is 6.58.